The number of ether oxygens (including phenoxy) is 1. The van der Waals surface area contributed by atoms with Crippen LogP contribution >= 0.6 is 0 Å². The van der Waals surface area contributed by atoms with E-state index in [2.05, 4.69) is 23.1 Å². The molecule has 3 heteroatoms. The fraction of sp³-hybridized carbons (Fsp3) is 0.600. The van der Waals surface area contributed by atoms with Crippen molar-refractivity contribution in [1.82, 2.24) is 4.90 Å². The fourth-order valence-electron chi connectivity index (χ4n) is 3.02. The highest BCUT2D eigenvalue weighted by Crippen LogP contribution is 2.34. The Labute approximate surface area is 108 Å². The van der Waals surface area contributed by atoms with Crippen LogP contribution in [0.5, 0.6) is 5.75 Å². The summed E-state index contributed by atoms with van der Waals surface area (Å²) < 4.78 is 5.70. The van der Waals surface area contributed by atoms with E-state index in [1.54, 1.807) is 0 Å². The maximum atomic E-state index is 9.54. The summed E-state index contributed by atoms with van der Waals surface area (Å²) >= 11 is 0. The van der Waals surface area contributed by atoms with Gasteiger partial charge in [-0.05, 0) is 30.9 Å². The van der Waals surface area contributed by atoms with Crippen molar-refractivity contribution < 1.29 is 9.84 Å². The zero-order valence-corrected chi connectivity index (χ0v) is 10.7. The van der Waals surface area contributed by atoms with E-state index in [-0.39, 0.29) is 6.10 Å². The van der Waals surface area contributed by atoms with Crippen LogP contribution in [0.4, 0.5) is 0 Å². The van der Waals surface area contributed by atoms with Gasteiger partial charge in [-0.25, -0.2) is 0 Å². The molecule has 3 rings (SSSR count). The first-order valence-electron chi connectivity index (χ1n) is 6.95. The second-order valence-corrected chi connectivity index (χ2v) is 5.40. The number of piperidine rings is 1. The SMILES string of the molecule is OC1CCN(CC2CCOc3ccccc32)CC1. The summed E-state index contributed by atoms with van der Waals surface area (Å²) in [4.78, 5) is 2.49. The van der Waals surface area contributed by atoms with Gasteiger partial charge in [-0.2, -0.15) is 0 Å². The summed E-state index contributed by atoms with van der Waals surface area (Å²) in [5, 5.41) is 9.54. The minimum absolute atomic E-state index is 0.0803. The molecule has 18 heavy (non-hydrogen) atoms. The van der Waals surface area contributed by atoms with Gasteiger partial charge in [-0.1, -0.05) is 18.2 Å². The number of likely N-dealkylation sites (tertiary alicyclic amines) is 1. The van der Waals surface area contributed by atoms with Gasteiger partial charge in [-0.15, -0.1) is 0 Å². The van der Waals surface area contributed by atoms with Gasteiger partial charge in [0, 0.05) is 25.6 Å². The smallest absolute Gasteiger partial charge is 0.122 e. The van der Waals surface area contributed by atoms with E-state index in [1.807, 2.05) is 6.07 Å². The van der Waals surface area contributed by atoms with Crippen LogP contribution in [0.2, 0.25) is 0 Å². The predicted octanol–water partition coefficient (Wildman–Crippen LogP) is 2.01. The summed E-state index contributed by atoms with van der Waals surface area (Å²) in [6.07, 6.45) is 2.87. The zero-order chi connectivity index (χ0) is 12.4. The normalized spacial score (nSPS) is 25.5. The average molecular weight is 247 g/mol. The van der Waals surface area contributed by atoms with Crippen LogP contribution in [-0.4, -0.2) is 42.4 Å². The molecule has 3 nitrogen and oxygen atoms in total. The van der Waals surface area contributed by atoms with Crippen LogP contribution in [0.15, 0.2) is 24.3 Å². The summed E-state index contributed by atoms with van der Waals surface area (Å²) in [7, 11) is 0. The molecule has 1 aromatic carbocycles. The molecular weight excluding hydrogens is 226 g/mol. The largest absolute Gasteiger partial charge is 0.493 e. The number of hydrogen-bond acceptors (Lipinski definition) is 3. The minimum atomic E-state index is -0.0803. The quantitative estimate of drug-likeness (QED) is 0.867. The number of rotatable bonds is 2. The van der Waals surface area contributed by atoms with E-state index < -0.39 is 0 Å². The number of hydrogen-bond donors (Lipinski definition) is 1. The van der Waals surface area contributed by atoms with Gasteiger partial charge in [-0.3, -0.25) is 0 Å². The van der Waals surface area contributed by atoms with Crippen molar-refractivity contribution >= 4 is 0 Å². The molecule has 1 unspecified atom stereocenters. The first-order valence-corrected chi connectivity index (χ1v) is 6.95. The molecule has 0 radical (unpaired) electrons. The van der Waals surface area contributed by atoms with Crippen molar-refractivity contribution in [2.45, 2.75) is 31.3 Å². The van der Waals surface area contributed by atoms with E-state index in [0.717, 1.165) is 51.3 Å². The number of para-hydroxylation sites is 1. The van der Waals surface area contributed by atoms with E-state index in [4.69, 9.17) is 4.74 Å². The summed E-state index contributed by atoms with van der Waals surface area (Å²) in [5.41, 5.74) is 1.36. The Bertz CT molecular complexity index is 399. The third-order valence-corrected chi connectivity index (χ3v) is 4.12. The molecule has 0 bridgehead atoms. The predicted molar refractivity (Wildman–Crippen MR) is 71.0 cm³/mol. The minimum Gasteiger partial charge on any atom is -0.493 e. The third-order valence-electron chi connectivity index (χ3n) is 4.12. The average Bonchev–Trinajstić information content (AvgIpc) is 2.42. The molecule has 2 heterocycles. The lowest BCUT2D eigenvalue weighted by Crippen LogP contribution is -2.39. The Balaban J connectivity index is 1.67. The Hall–Kier alpha value is -1.06. The monoisotopic (exact) mass is 247 g/mol. The molecule has 0 aromatic heterocycles. The van der Waals surface area contributed by atoms with Crippen molar-refractivity contribution in [3.05, 3.63) is 29.8 Å². The van der Waals surface area contributed by atoms with Gasteiger partial charge in [0.2, 0.25) is 0 Å². The molecule has 1 saturated heterocycles. The summed E-state index contributed by atoms with van der Waals surface area (Å²) in [6, 6.07) is 8.40. The molecule has 98 valence electrons. The Morgan fingerprint density at radius 2 is 1.94 bits per heavy atom. The maximum absolute atomic E-state index is 9.54. The van der Waals surface area contributed by atoms with Crippen LogP contribution < -0.4 is 4.74 Å². The van der Waals surface area contributed by atoms with Gasteiger partial charge < -0.3 is 14.7 Å². The van der Waals surface area contributed by atoms with Crippen LogP contribution in [0.25, 0.3) is 0 Å². The molecule has 1 N–H and O–H groups in total. The van der Waals surface area contributed by atoms with Crippen LogP contribution in [-0.2, 0) is 0 Å². The number of nitrogens with zero attached hydrogens (tertiary/aromatic N) is 1. The molecule has 1 atom stereocenters. The Morgan fingerprint density at radius 1 is 1.17 bits per heavy atom. The number of benzene rings is 1. The highest BCUT2D eigenvalue weighted by molar-refractivity contribution is 5.37. The highest BCUT2D eigenvalue weighted by atomic mass is 16.5. The van der Waals surface area contributed by atoms with Crippen LogP contribution in [0.1, 0.15) is 30.7 Å². The maximum Gasteiger partial charge on any atom is 0.122 e. The van der Waals surface area contributed by atoms with Gasteiger partial charge >= 0.3 is 0 Å². The molecule has 1 aromatic rings. The summed E-state index contributed by atoms with van der Waals surface area (Å²) in [5.74, 6) is 1.65. The lowest BCUT2D eigenvalue weighted by molar-refractivity contribution is 0.0768. The van der Waals surface area contributed by atoms with E-state index in [1.165, 1.54) is 5.56 Å². The van der Waals surface area contributed by atoms with Crippen molar-refractivity contribution in [3.8, 4) is 5.75 Å². The van der Waals surface area contributed by atoms with Crippen molar-refractivity contribution in [1.29, 1.82) is 0 Å². The zero-order valence-electron chi connectivity index (χ0n) is 10.7. The highest BCUT2D eigenvalue weighted by Gasteiger charge is 2.25. The Morgan fingerprint density at radius 3 is 2.78 bits per heavy atom. The van der Waals surface area contributed by atoms with Crippen molar-refractivity contribution in [3.63, 3.8) is 0 Å². The second kappa shape index (κ2) is 5.29. The molecule has 1 fully saturated rings. The number of fused-ring (bicyclic) bond motifs is 1. The molecule has 0 aliphatic carbocycles. The van der Waals surface area contributed by atoms with Gasteiger partial charge in [0.15, 0.2) is 0 Å². The van der Waals surface area contributed by atoms with Crippen LogP contribution in [0.3, 0.4) is 0 Å². The molecule has 0 saturated carbocycles. The first kappa shape index (κ1) is 12.0. The Kier molecular flexibility index (Phi) is 3.52. The van der Waals surface area contributed by atoms with Gasteiger partial charge in [0.05, 0.1) is 12.7 Å². The van der Waals surface area contributed by atoms with Crippen LogP contribution in [0, 0.1) is 0 Å². The van der Waals surface area contributed by atoms with Gasteiger partial charge in [0.25, 0.3) is 0 Å². The number of aliphatic hydroxyl groups is 1. The van der Waals surface area contributed by atoms with E-state index >= 15 is 0 Å². The molecule has 2 aliphatic heterocycles. The standard InChI is InChI=1S/C15H21NO2/c17-13-5-8-16(9-6-13)11-12-7-10-18-15-4-2-1-3-14(12)15/h1-4,12-13,17H,5-11H2. The fourth-order valence-corrected chi connectivity index (χ4v) is 3.02. The van der Waals surface area contributed by atoms with E-state index in [0.29, 0.717) is 5.92 Å². The molecule has 2 aliphatic rings. The third kappa shape index (κ3) is 2.52. The summed E-state index contributed by atoms with van der Waals surface area (Å²) in [6.45, 7) is 3.99. The molecule has 0 amide bonds. The molecular formula is C15H21NO2. The molecule has 0 spiro atoms. The topological polar surface area (TPSA) is 32.7 Å². The second-order valence-electron chi connectivity index (χ2n) is 5.40. The van der Waals surface area contributed by atoms with E-state index in [9.17, 15) is 5.11 Å². The lowest BCUT2D eigenvalue weighted by Gasteiger charge is -2.34. The van der Waals surface area contributed by atoms with Crippen molar-refractivity contribution in [2.75, 3.05) is 26.2 Å². The lowest BCUT2D eigenvalue weighted by atomic mass is 9.92. The number of aliphatic hydroxyl groups excluding tert-OH is 1. The van der Waals surface area contributed by atoms with Crippen molar-refractivity contribution in [2.24, 2.45) is 0 Å². The van der Waals surface area contributed by atoms with Gasteiger partial charge in [0.1, 0.15) is 5.75 Å². The first-order chi connectivity index (χ1) is 8.83.